The summed E-state index contributed by atoms with van der Waals surface area (Å²) in [5, 5.41) is 3.84. The van der Waals surface area contributed by atoms with Crippen molar-refractivity contribution in [1.82, 2.24) is 5.32 Å². The number of carbonyl (C=O) groups is 1. The van der Waals surface area contributed by atoms with Gasteiger partial charge in [-0.1, -0.05) is 23.2 Å². The van der Waals surface area contributed by atoms with Gasteiger partial charge in [0.25, 0.3) is 5.91 Å². The van der Waals surface area contributed by atoms with Gasteiger partial charge in [0.2, 0.25) is 0 Å². The number of rotatable bonds is 3. The average molecular weight is 298 g/mol. The minimum Gasteiger partial charge on any atom is -0.451 e. The Morgan fingerprint density at radius 3 is 2.63 bits per heavy atom. The zero-order valence-corrected chi connectivity index (χ0v) is 12.0. The first-order chi connectivity index (χ1) is 8.97. The van der Waals surface area contributed by atoms with Crippen LogP contribution < -0.4 is 5.32 Å². The second-order valence-electron chi connectivity index (χ2n) is 4.42. The predicted octanol–water partition coefficient (Wildman–Crippen LogP) is 4.39. The van der Waals surface area contributed by atoms with E-state index >= 15 is 0 Å². The smallest absolute Gasteiger partial charge is 0.287 e. The summed E-state index contributed by atoms with van der Waals surface area (Å²) >= 11 is 12.0. The number of carbonyl (C=O) groups excluding carboxylic acids is 1. The van der Waals surface area contributed by atoms with Crippen LogP contribution in [0.1, 0.15) is 24.4 Å². The summed E-state index contributed by atoms with van der Waals surface area (Å²) in [5.74, 6) is 0.514. The van der Waals surface area contributed by atoms with Crippen molar-refractivity contribution in [1.29, 1.82) is 0 Å². The normalized spacial score (nSPS) is 10.8. The molecule has 0 aliphatic heterocycles. The van der Waals surface area contributed by atoms with Gasteiger partial charge in [0.1, 0.15) is 5.76 Å². The van der Waals surface area contributed by atoms with Crippen LogP contribution in [0.3, 0.4) is 0 Å². The molecule has 0 unspecified atom stereocenters. The van der Waals surface area contributed by atoms with Crippen LogP contribution in [0, 0.1) is 0 Å². The van der Waals surface area contributed by atoms with Crippen LogP contribution >= 0.6 is 23.2 Å². The van der Waals surface area contributed by atoms with Crippen molar-refractivity contribution in [3.8, 4) is 11.3 Å². The minimum absolute atomic E-state index is 0.0517. The molecule has 1 N–H and O–H groups in total. The van der Waals surface area contributed by atoms with Crippen LogP contribution in [-0.4, -0.2) is 11.9 Å². The SMILES string of the molecule is CC(C)NC(=O)c1ccc(-c2cc(Cl)ccc2Cl)o1. The molecule has 1 aromatic heterocycles. The van der Waals surface area contributed by atoms with E-state index in [0.29, 0.717) is 21.4 Å². The van der Waals surface area contributed by atoms with Gasteiger partial charge in [-0.15, -0.1) is 0 Å². The number of hydrogen-bond acceptors (Lipinski definition) is 2. The third-order valence-corrected chi connectivity index (χ3v) is 3.01. The Morgan fingerprint density at radius 2 is 1.95 bits per heavy atom. The molecule has 1 aromatic carbocycles. The van der Waals surface area contributed by atoms with Gasteiger partial charge in [-0.25, -0.2) is 0 Å². The molecule has 5 heteroatoms. The molecule has 1 heterocycles. The molecule has 2 rings (SSSR count). The van der Waals surface area contributed by atoms with Crippen LogP contribution in [0.25, 0.3) is 11.3 Å². The highest BCUT2D eigenvalue weighted by Gasteiger charge is 2.14. The lowest BCUT2D eigenvalue weighted by atomic mass is 10.2. The number of benzene rings is 1. The van der Waals surface area contributed by atoms with Crippen LogP contribution in [0.5, 0.6) is 0 Å². The molecule has 0 aliphatic carbocycles. The maximum absolute atomic E-state index is 11.8. The molecule has 0 saturated heterocycles. The van der Waals surface area contributed by atoms with E-state index in [9.17, 15) is 4.79 Å². The summed E-state index contributed by atoms with van der Waals surface area (Å²) in [5.41, 5.74) is 0.665. The van der Waals surface area contributed by atoms with Gasteiger partial charge in [0.15, 0.2) is 5.76 Å². The van der Waals surface area contributed by atoms with Gasteiger partial charge >= 0.3 is 0 Å². The lowest BCUT2D eigenvalue weighted by Crippen LogP contribution is -2.29. The van der Waals surface area contributed by atoms with Crippen molar-refractivity contribution in [3.05, 3.63) is 46.1 Å². The van der Waals surface area contributed by atoms with Crippen molar-refractivity contribution in [2.45, 2.75) is 19.9 Å². The van der Waals surface area contributed by atoms with E-state index < -0.39 is 0 Å². The summed E-state index contributed by atoms with van der Waals surface area (Å²) < 4.78 is 5.51. The summed E-state index contributed by atoms with van der Waals surface area (Å²) in [6.45, 7) is 3.77. The largest absolute Gasteiger partial charge is 0.451 e. The number of furan rings is 1. The average Bonchev–Trinajstić information content (AvgIpc) is 2.80. The van der Waals surface area contributed by atoms with E-state index in [2.05, 4.69) is 5.32 Å². The fraction of sp³-hybridized carbons (Fsp3) is 0.214. The van der Waals surface area contributed by atoms with Crippen molar-refractivity contribution < 1.29 is 9.21 Å². The third-order valence-electron chi connectivity index (χ3n) is 2.44. The predicted molar refractivity (Wildman–Crippen MR) is 76.8 cm³/mol. The molecule has 0 aliphatic rings. The monoisotopic (exact) mass is 297 g/mol. The number of halogens is 2. The first kappa shape index (κ1) is 14.0. The fourth-order valence-electron chi connectivity index (χ4n) is 1.62. The van der Waals surface area contributed by atoms with Gasteiger partial charge in [-0.3, -0.25) is 4.79 Å². The van der Waals surface area contributed by atoms with Gasteiger partial charge < -0.3 is 9.73 Å². The highest BCUT2D eigenvalue weighted by Crippen LogP contribution is 2.31. The maximum atomic E-state index is 11.8. The molecule has 0 spiro atoms. The summed E-state index contributed by atoms with van der Waals surface area (Å²) in [6, 6.07) is 8.46. The Bertz CT molecular complexity index is 605. The lowest BCUT2D eigenvalue weighted by molar-refractivity contribution is 0.0916. The Kier molecular flexibility index (Phi) is 4.17. The Balaban J connectivity index is 2.30. The van der Waals surface area contributed by atoms with Crippen molar-refractivity contribution in [2.75, 3.05) is 0 Å². The number of hydrogen-bond donors (Lipinski definition) is 1. The Morgan fingerprint density at radius 1 is 1.21 bits per heavy atom. The highest BCUT2D eigenvalue weighted by atomic mass is 35.5. The summed E-state index contributed by atoms with van der Waals surface area (Å²) in [6.07, 6.45) is 0. The van der Waals surface area contributed by atoms with E-state index in [0.717, 1.165) is 0 Å². The zero-order chi connectivity index (χ0) is 14.0. The molecule has 1 amide bonds. The minimum atomic E-state index is -0.251. The zero-order valence-electron chi connectivity index (χ0n) is 10.5. The summed E-state index contributed by atoms with van der Waals surface area (Å²) in [4.78, 5) is 11.8. The molecule has 0 radical (unpaired) electrons. The van der Waals surface area contributed by atoms with Gasteiger partial charge in [0, 0.05) is 16.6 Å². The van der Waals surface area contributed by atoms with E-state index in [-0.39, 0.29) is 17.7 Å². The molecular formula is C14H13Cl2NO2. The van der Waals surface area contributed by atoms with E-state index in [1.165, 1.54) is 0 Å². The second-order valence-corrected chi connectivity index (χ2v) is 5.26. The van der Waals surface area contributed by atoms with Crippen LogP contribution in [-0.2, 0) is 0 Å². The second kappa shape index (κ2) is 5.68. The third kappa shape index (κ3) is 3.31. The standard InChI is InChI=1S/C14H13Cl2NO2/c1-8(2)17-14(18)13-6-5-12(19-13)10-7-9(15)3-4-11(10)16/h3-8H,1-2H3,(H,17,18). The van der Waals surface area contributed by atoms with E-state index in [4.69, 9.17) is 27.6 Å². The molecule has 0 bridgehead atoms. The molecule has 2 aromatic rings. The first-order valence-electron chi connectivity index (χ1n) is 5.83. The number of amides is 1. The first-order valence-corrected chi connectivity index (χ1v) is 6.59. The van der Waals surface area contributed by atoms with Crippen molar-refractivity contribution in [2.24, 2.45) is 0 Å². The van der Waals surface area contributed by atoms with E-state index in [1.54, 1.807) is 30.3 Å². The Hall–Kier alpha value is -1.45. The number of nitrogens with one attached hydrogen (secondary N) is 1. The lowest BCUT2D eigenvalue weighted by Gasteiger charge is -2.05. The van der Waals surface area contributed by atoms with Gasteiger partial charge in [-0.2, -0.15) is 0 Å². The topological polar surface area (TPSA) is 42.2 Å². The molecule has 0 saturated carbocycles. The van der Waals surface area contributed by atoms with Crippen LogP contribution in [0.2, 0.25) is 10.0 Å². The fourth-order valence-corrected chi connectivity index (χ4v) is 2.01. The summed E-state index contributed by atoms with van der Waals surface area (Å²) in [7, 11) is 0. The van der Waals surface area contributed by atoms with Gasteiger partial charge in [-0.05, 0) is 44.2 Å². The van der Waals surface area contributed by atoms with Gasteiger partial charge in [0.05, 0.1) is 5.02 Å². The maximum Gasteiger partial charge on any atom is 0.287 e. The Labute approximate surface area is 121 Å². The molecule has 0 fully saturated rings. The highest BCUT2D eigenvalue weighted by molar-refractivity contribution is 6.35. The van der Waals surface area contributed by atoms with E-state index in [1.807, 2.05) is 13.8 Å². The van der Waals surface area contributed by atoms with Crippen molar-refractivity contribution in [3.63, 3.8) is 0 Å². The van der Waals surface area contributed by atoms with Crippen LogP contribution in [0.15, 0.2) is 34.7 Å². The van der Waals surface area contributed by atoms with Crippen LogP contribution in [0.4, 0.5) is 0 Å². The molecular weight excluding hydrogens is 285 g/mol. The van der Waals surface area contributed by atoms with Crippen molar-refractivity contribution >= 4 is 29.1 Å². The molecule has 0 atom stereocenters. The molecule has 3 nitrogen and oxygen atoms in total. The molecule has 100 valence electrons. The molecule has 19 heavy (non-hydrogen) atoms. The quantitative estimate of drug-likeness (QED) is 0.913.